The summed E-state index contributed by atoms with van der Waals surface area (Å²) in [4.78, 5) is 0.378. The molecule has 27 heavy (non-hydrogen) atoms. The number of nitrogens with one attached hydrogen (secondary N) is 2. The van der Waals surface area contributed by atoms with Gasteiger partial charge in [0.1, 0.15) is 0 Å². The number of piperidine rings is 1. The average Bonchev–Trinajstić information content (AvgIpc) is 2.66. The minimum Gasteiger partial charge on any atom is -0.359 e. The van der Waals surface area contributed by atoms with Crippen LogP contribution in [0.15, 0.2) is 23.1 Å². The molecule has 1 saturated heterocycles. The van der Waals surface area contributed by atoms with Crippen LogP contribution in [0.1, 0.15) is 57.4 Å². The summed E-state index contributed by atoms with van der Waals surface area (Å²) < 4.78 is 27.7. The molecular weight excluding hydrogens is 378 g/mol. The zero-order valence-corrected chi connectivity index (χ0v) is 18.0. The lowest BCUT2D eigenvalue weighted by Crippen LogP contribution is -2.43. The first-order valence-corrected chi connectivity index (χ1v) is 11.9. The molecule has 2 atom stereocenters. The minimum absolute atomic E-state index is 0.378. The van der Waals surface area contributed by atoms with Gasteiger partial charge in [-0.05, 0) is 68.4 Å². The molecule has 0 radical (unpaired) electrons. The van der Waals surface area contributed by atoms with E-state index in [0.717, 1.165) is 36.9 Å². The van der Waals surface area contributed by atoms with Crippen LogP contribution in [0.5, 0.6) is 0 Å². The van der Waals surface area contributed by atoms with Gasteiger partial charge in [0.05, 0.1) is 4.90 Å². The van der Waals surface area contributed by atoms with Crippen molar-refractivity contribution >= 4 is 33.0 Å². The van der Waals surface area contributed by atoms with Crippen molar-refractivity contribution in [1.82, 2.24) is 9.62 Å². The number of nitrogens with zero attached hydrogens (tertiary/aromatic N) is 1. The van der Waals surface area contributed by atoms with Crippen LogP contribution in [0.3, 0.4) is 0 Å². The second-order valence-electron chi connectivity index (χ2n) is 7.91. The molecule has 1 saturated carbocycles. The zero-order valence-electron chi connectivity index (χ0n) is 16.3. The molecule has 0 unspecified atom stereocenters. The van der Waals surface area contributed by atoms with Crippen LogP contribution < -0.4 is 10.6 Å². The van der Waals surface area contributed by atoms with Crippen molar-refractivity contribution in [3.8, 4) is 0 Å². The SMILES string of the molecule is Cc1ccc(NC(=S)N[C@H]2CCCC[C@@H]2C)cc1S(=O)(=O)N1CCCCC1. The van der Waals surface area contributed by atoms with E-state index >= 15 is 0 Å². The molecule has 1 aromatic carbocycles. The lowest BCUT2D eigenvalue weighted by molar-refractivity contribution is 0.309. The third-order valence-electron chi connectivity index (χ3n) is 5.81. The van der Waals surface area contributed by atoms with Gasteiger partial charge in [-0.2, -0.15) is 4.31 Å². The van der Waals surface area contributed by atoms with E-state index in [1.54, 1.807) is 10.4 Å². The fourth-order valence-corrected chi connectivity index (χ4v) is 6.10. The van der Waals surface area contributed by atoms with Crippen LogP contribution in [0.2, 0.25) is 0 Å². The molecule has 7 heteroatoms. The predicted octanol–water partition coefficient (Wildman–Crippen LogP) is 4.03. The molecule has 0 amide bonds. The first kappa shape index (κ1) is 20.6. The number of hydrogen-bond donors (Lipinski definition) is 2. The third-order valence-corrected chi connectivity index (χ3v) is 8.07. The van der Waals surface area contributed by atoms with Crippen molar-refractivity contribution in [3.63, 3.8) is 0 Å². The van der Waals surface area contributed by atoms with Crippen LogP contribution >= 0.6 is 12.2 Å². The maximum Gasteiger partial charge on any atom is 0.243 e. The van der Waals surface area contributed by atoms with Gasteiger partial charge in [-0.25, -0.2) is 8.42 Å². The summed E-state index contributed by atoms with van der Waals surface area (Å²) in [5.41, 5.74) is 1.49. The Hall–Kier alpha value is -1.18. The number of thiocarbonyl (C=S) groups is 1. The number of benzene rings is 1. The molecule has 1 aromatic rings. The first-order valence-electron chi connectivity index (χ1n) is 10.1. The Labute approximate surface area is 169 Å². The second kappa shape index (κ2) is 8.88. The second-order valence-corrected chi connectivity index (χ2v) is 10.2. The molecule has 2 fully saturated rings. The normalized spacial score (nSPS) is 24.4. The van der Waals surface area contributed by atoms with Crippen molar-refractivity contribution < 1.29 is 8.42 Å². The Morgan fingerprint density at radius 2 is 1.81 bits per heavy atom. The molecule has 5 nitrogen and oxygen atoms in total. The fraction of sp³-hybridized carbons (Fsp3) is 0.650. The number of rotatable bonds is 4. The van der Waals surface area contributed by atoms with Crippen LogP contribution in [-0.4, -0.2) is 37.0 Å². The number of aryl methyl sites for hydroxylation is 1. The molecule has 1 heterocycles. The van der Waals surface area contributed by atoms with E-state index in [1.807, 2.05) is 19.1 Å². The monoisotopic (exact) mass is 409 g/mol. The van der Waals surface area contributed by atoms with Gasteiger partial charge in [0.15, 0.2) is 5.11 Å². The highest BCUT2D eigenvalue weighted by Crippen LogP contribution is 2.27. The van der Waals surface area contributed by atoms with Crippen LogP contribution in [-0.2, 0) is 10.0 Å². The standard InChI is InChI=1S/C20H31N3O2S2/c1-15-8-4-5-9-18(15)22-20(26)21-17-11-10-16(2)19(14-17)27(24,25)23-12-6-3-7-13-23/h10-11,14-15,18H,3-9,12-13H2,1-2H3,(H2,21,22,26)/t15-,18-/m0/s1. The molecule has 0 bridgehead atoms. The molecule has 2 aliphatic rings. The summed E-state index contributed by atoms with van der Waals surface area (Å²) in [5.74, 6) is 0.603. The van der Waals surface area contributed by atoms with Gasteiger partial charge in [-0.1, -0.05) is 32.3 Å². The van der Waals surface area contributed by atoms with Gasteiger partial charge in [-0.15, -0.1) is 0 Å². The summed E-state index contributed by atoms with van der Waals surface area (Å²) in [6, 6.07) is 5.85. The summed E-state index contributed by atoms with van der Waals surface area (Å²) in [5, 5.41) is 7.17. The largest absolute Gasteiger partial charge is 0.359 e. The van der Waals surface area contributed by atoms with Gasteiger partial charge in [0.2, 0.25) is 10.0 Å². The average molecular weight is 410 g/mol. The van der Waals surface area contributed by atoms with E-state index < -0.39 is 10.0 Å². The predicted molar refractivity (Wildman–Crippen MR) is 115 cm³/mol. The van der Waals surface area contributed by atoms with Gasteiger partial charge in [0, 0.05) is 24.8 Å². The maximum absolute atomic E-state index is 13.1. The Bertz CT molecular complexity index is 773. The molecule has 150 valence electrons. The quantitative estimate of drug-likeness (QED) is 0.735. The smallest absolute Gasteiger partial charge is 0.243 e. The number of hydrogen-bond acceptors (Lipinski definition) is 3. The van der Waals surface area contributed by atoms with Crippen molar-refractivity contribution in [2.75, 3.05) is 18.4 Å². The maximum atomic E-state index is 13.1. The van der Waals surface area contributed by atoms with Crippen LogP contribution in [0.25, 0.3) is 0 Å². The number of anilines is 1. The molecule has 3 rings (SSSR count). The van der Waals surface area contributed by atoms with Crippen molar-refractivity contribution in [2.24, 2.45) is 5.92 Å². The number of sulfonamides is 1. The molecule has 0 spiro atoms. The van der Waals surface area contributed by atoms with Crippen LogP contribution in [0.4, 0.5) is 5.69 Å². The molecule has 1 aliphatic carbocycles. The van der Waals surface area contributed by atoms with Gasteiger partial charge in [0.25, 0.3) is 0 Å². The topological polar surface area (TPSA) is 61.4 Å². The highest BCUT2D eigenvalue weighted by Gasteiger charge is 2.28. The Morgan fingerprint density at radius 1 is 1.11 bits per heavy atom. The molecular formula is C20H31N3O2S2. The molecule has 1 aliphatic heterocycles. The van der Waals surface area contributed by atoms with E-state index in [4.69, 9.17) is 12.2 Å². The minimum atomic E-state index is -3.46. The lowest BCUT2D eigenvalue weighted by atomic mass is 9.86. The summed E-state index contributed by atoms with van der Waals surface area (Å²) >= 11 is 5.48. The first-order chi connectivity index (χ1) is 12.9. The van der Waals surface area contributed by atoms with E-state index in [-0.39, 0.29) is 0 Å². The van der Waals surface area contributed by atoms with Crippen LogP contribution in [0, 0.1) is 12.8 Å². The van der Waals surface area contributed by atoms with Gasteiger partial charge in [-0.3, -0.25) is 0 Å². The lowest BCUT2D eigenvalue weighted by Gasteiger charge is -2.30. The van der Waals surface area contributed by atoms with Crippen molar-refractivity contribution in [3.05, 3.63) is 23.8 Å². The van der Waals surface area contributed by atoms with E-state index in [9.17, 15) is 8.42 Å². The van der Waals surface area contributed by atoms with E-state index in [0.29, 0.717) is 35.1 Å². The van der Waals surface area contributed by atoms with Crippen molar-refractivity contribution in [1.29, 1.82) is 0 Å². The highest BCUT2D eigenvalue weighted by atomic mass is 32.2. The van der Waals surface area contributed by atoms with Crippen molar-refractivity contribution in [2.45, 2.75) is 69.7 Å². The Kier molecular flexibility index (Phi) is 6.76. The van der Waals surface area contributed by atoms with E-state index in [2.05, 4.69) is 17.6 Å². The molecule has 2 N–H and O–H groups in total. The zero-order chi connectivity index (χ0) is 19.4. The Balaban J connectivity index is 1.72. The summed E-state index contributed by atoms with van der Waals surface area (Å²) in [6.45, 7) is 5.33. The summed E-state index contributed by atoms with van der Waals surface area (Å²) in [7, 11) is -3.46. The highest BCUT2D eigenvalue weighted by molar-refractivity contribution is 7.89. The van der Waals surface area contributed by atoms with Gasteiger partial charge >= 0.3 is 0 Å². The molecule has 0 aromatic heterocycles. The van der Waals surface area contributed by atoms with Gasteiger partial charge < -0.3 is 10.6 Å². The fourth-order valence-electron chi connectivity index (χ4n) is 4.07. The van der Waals surface area contributed by atoms with E-state index in [1.165, 1.54) is 19.3 Å². The summed E-state index contributed by atoms with van der Waals surface area (Å²) in [6.07, 6.45) is 7.84. The third kappa shape index (κ3) is 5.00. The Morgan fingerprint density at radius 3 is 2.52 bits per heavy atom.